The Balaban J connectivity index is 1.47. The van der Waals surface area contributed by atoms with Crippen molar-refractivity contribution in [3.05, 3.63) is 90.5 Å². The van der Waals surface area contributed by atoms with E-state index in [1.54, 1.807) is 42.5 Å². The summed E-state index contributed by atoms with van der Waals surface area (Å²) in [6, 6.07) is 24.3. The molecule has 0 saturated heterocycles. The Hall–Kier alpha value is -3.93. The molecule has 1 heterocycles. The quantitative estimate of drug-likeness (QED) is 0.185. The zero-order chi connectivity index (χ0) is 26.4. The zero-order valence-corrected chi connectivity index (χ0v) is 22.3. The summed E-state index contributed by atoms with van der Waals surface area (Å²) in [6.45, 7) is 0. The molecule has 11 heteroatoms. The Labute approximate surface area is 224 Å². The summed E-state index contributed by atoms with van der Waals surface area (Å²) in [5.41, 5.74) is 2.22. The molecule has 190 valence electrons. The average molecular weight is 554 g/mol. The van der Waals surface area contributed by atoms with Crippen LogP contribution in [0, 0.1) is 0 Å². The van der Waals surface area contributed by atoms with Gasteiger partial charge >= 0.3 is 5.97 Å². The molecular weight excluding hydrogens is 531 g/mol. The zero-order valence-electron chi connectivity index (χ0n) is 19.8. The van der Waals surface area contributed by atoms with E-state index in [1.807, 2.05) is 30.3 Å². The molecule has 0 aliphatic carbocycles. The van der Waals surface area contributed by atoms with Crippen molar-refractivity contribution in [2.24, 2.45) is 0 Å². The van der Waals surface area contributed by atoms with Gasteiger partial charge in [0.25, 0.3) is 10.0 Å². The number of esters is 1. The first-order chi connectivity index (χ1) is 17.8. The maximum absolute atomic E-state index is 12.8. The van der Waals surface area contributed by atoms with Crippen molar-refractivity contribution in [1.82, 2.24) is 0 Å². The van der Waals surface area contributed by atoms with Gasteiger partial charge in [-0.05, 0) is 60.2 Å². The largest absolute Gasteiger partial charge is 0.495 e. The van der Waals surface area contributed by atoms with Gasteiger partial charge in [0, 0.05) is 10.6 Å². The number of thiocarbonyl (C=S) groups is 1. The summed E-state index contributed by atoms with van der Waals surface area (Å²) in [7, 11) is -1.05. The fraction of sp³-hybridized carbons (Fsp3) is 0.0769. The molecule has 3 aromatic carbocycles. The van der Waals surface area contributed by atoms with E-state index in [4.69, 9.17) is 21.7 Å². The summed E-state index contributed by atoms with van der Waals surface area (Å²) in [5, 5.41) is 6.82. The number of hydrogen-bond donors (Lipinski definition) is 3. The summed E-state index contributed by atoms with van der Waals surface area (Å²) in [6.07, 6.45) is 0. The maximum Gasteiger partial charge on any atom is 0.340 e. The van der Waals surface area contributed by atoms with Gasteiger partial charge < -0.3 is 20.1 Å². The molecule has 0 aliphatic heterocycles. The van der Waals surface area contributed by atoms with Gasteiger partial charge in [0.05, 0.1) is 30.4 Å². The van der Waals surface area contributed by atoms with Crippen LogP contribution in [-0.4, -0.2) is 33.7 Å². The van der Waals surface area contributed by atoms with Crippen LogP contribution in [0.1, 0.15) is 10.4 Å². The number of benzene rings is 3. The second kappa shape index (κ2) is 11.4. The molecule has 0 aliphatic rings. The van der Waals surface area contributed by atoms with Gasteiger partial charge in [0.15, 0.2) is 5.11 Å². The third-order valence-electron chi connectivity index (χ3n) is 5.20. The molecular formula is C26H23N3O5S3. The highest BCUT2D eigenvalue weighted by Gasteiger charge is 2.19. The van der Waals surface area contributed by atoms with E-state index >= 15 is 0 Å². The van der Waals surface area contributed by atoms with Gasteiger partial charge in [-0.2, -0.15) is 0 Å². The van der Waals surface area contributed by atoms with Crippen molar-refractivity contribution in [2.75, 3.05) is 29.6 Å². The Kier molecular flexibility index (Phi) is 8.07. The van der Waals surface area contributed by atoms with E-state index in [9.17, 15) is 13.2 Å². The van der Waals surface area contributed by atoms with Crippen molar-refractivity contribution in [1.29, 1.82) is 0 Å². The van der Waals surface area contributed by atoms with E-state index in [2.05, 4.69) is 15.4 Å². The molecule has 4 rings (SSSR count). The van der Waals surface area contributed by atoms with Crippen molar-refractivity contribution in [3.8, 4) is 16.2 Å². The number of nitrogens with one attached hydrogen (secondary N) is 3. The lowest BCUT2D eigenvalue weighted by Gasteiger charge is -2.13. The van der Waals surface area contributed by atoms with Crippen LogP contribution in [0.25, 0.3) is 10.4 Å². The van der Waals surface area contributed by atoms with Crippen LogP contribution in [0.4, 0.5) is 16.4 Å². The number of carbonyl (C=O) groups is 1. The second-order valence-electron chi connectivity index (χ2n) is 7.62. The maximum atomic E-state index is 12.8. The minimum atomic E-state index is -3.84. The highest BCUT2D eigenvalue weighted by Crippen LogP contribution is 2.36. The molecule has 0 atom stereocenters. The van der Waals surface area contributed by atoms with E-state index in [0.717, 1.165) is 10.4 Å². The molecule has 37 heavy (non-hydrogen) atoms. The summed E-state index contributed by atoms with van der Waals surface area (Å²) in [4.78, 5) is 13.3. The number of sulfonamides is 1. The third-order valence-corrected chi connectivity index (χ3v) is 7.88. The molecule has 0 spiro atoms. The third kappa shape index (κ3) is 6.26. The predicted molar refractivity (Wildman–Crippen MR) is 151 cm³/mol. The first-order valence-corrected chi connectivity index (χ1v) is 13.6. The first-order valence-electron chi connectivity index (χ1n) is 10.9. The molecule has 0 saturated carbocycles. The van der Waals surface area contributed by atoms with Gasteiger partial charge in [-0.15, -0.1) is 11.3 Å². The van der Waals surface area contributed by atoms with Crippen LogP contribution < -0.4 is 20.1 Å². The highest BCUT2D eigenvalue weighted by atomic mass is 32.2. The van der Waals surface area contributed by atoms with E-state index in [1.165, 1.54) is 37.7 Å². The van der Waals surface area contributed by atoms with Crippen LogP contribution in [-0.2, 0) is 14.8 Å². The standard InChI is InChI=1S/C26H23N3O5S3/c1-33-22-11-7-6-10-21(22)29-37(31,32)19-14-12-18(13-15-19)27-26(35)28-24-20(25(30)34-2)16-23(36-24)17-8-4-3-5-9-17/h3-16,29H,1-2H3,(H2,27,28,35). The summed E-state index contributed by atoms with van der Waals surface area (Å²) < 4.78 is 38.3. The average Bonchev–Trinajstić information content (AvgIpc) is 3.32. The van der Waals surface area contributed by atoms with Crippen LogP contribution in [0.5, 0.6) is 5.75 Å². The minimum absolute atomic E-state index is 0.0709. The van der Waals surface area contributed by atoms with Gasteiger partial charge in [-0.1, -0.05) is 42.5 Å². The summed E-state index contributed by atoms with van der Waals surface area (Å²) in [5.74, 6) is -0.0723. The molecule has 0 radical (unpaired) electrons. The topological polar surface area (TPSA) is 106 Å². The number of thiophene rings is 1. The Morgan fingerprint density at radius 2 is 1.57 bits per heavy atom. The SMILES string of the molecule is COC(=O)c1cc(-c2ccccc2)sc1NC(=S)Nc1ccc(S(=O)(=O)Nc2ccccc2OC)cc1. The monoisotopic (exact) mass is 553 g/mol. The van der Waals surface area contributed by atoms with Gasteiger partial charge in [0.1, 0.15) is 10.8 Å². The highest BCUT2D eigenvalue weighted by molar-refractivity contribution is 7.92. The Morgan fingerprint density at radius 3 is 2.24 bits per heavy atom. The molecule has 4 aromatic rings. The fourth-order valence-electron chi connectivity index (χ4n) is 3.41. The first kappa shape index (κ1) is 26.1. The number of hydrogen-bond acceptors (Lipinski definition) is 7. The number of methoxy groups -OCH3 is 2. The smallest absolute Gasteiger partial charge is 0.340 e. The lowest BCUT2D eigenvalue weighted by Crippen LogP contribution is -2.20. The lowest BCUT2D eigenvalue weighted by atomic mass is 10.1. The van der Waals surface area contributed by atoms with E-state index in [0.29, 0.717) is 27.7 Å². The van der Waals surface area contributed by atoms with Gasteiger partial charge in [0.2, 0.25) is 0 Å². The normalized spacial score (nSPS) is 10.9. The number of rotatable bonds is 8. The van der Waals surface area contributed by atoms with Crippen LogP contribution in [0.2, 0.25) is 0 Å². The van der Waals surface area contributed by atoms with Gasteiger partial charge in [-0.3, -0.25) is 4.72 Å². The molecule has 1 aromatic heterocycles. The molecule has 0 unspecified atom stereocenters. The molecule has 0 fully saturated rings. The molecule has 0 bridgehead atoms. The van der Waals surface area contributed by atoms with Crippen molar-refractivity contribution < 1.29 is 22.7 Å². The number of para-hydroxylation sites is 2. The lowest BCUT2D eigenvalue weighted by molar-refractivity contribution is 0.0602. The van der Waals surface area contributed by atoms with Crippen LogP contribution >= 0.6 is 23.6 Å². The Morgan fingerprint density at radius 1 is 0.892 bits per heavy atom. The fourth-order valence-corrected chi connectivity index (χ4v) is 5.82. The number of ether oxygens (including phenoxy) is 2. The molecule has 0 amide bonds. The van der Waals surface area contributed by atoms with Crippen LogP contribution in [0.3, 0.4) is 0 Å². The van der Waals surface area contributed by atoms with E-state index < -0.39 is 16.0 Å². The minimum Gasteiger partial charge on any atom is -0.495 e. The van der Waals surface area contributed by atoms with Crippen molar-refractivity contribution >= 4 is 61.0 Å². The summed E-state index contributed by atoms with van der Waals surface area (Å²) >= 11 is 6.80. The second-order valence-corrected chi connectivity index (χ2v) is 10.8. The Bertz CT molecular complexity index is 1520. The van der Waals surface area contributed by atoms with Crippen molar-refractivity contribution in [3.63, 3.8) is 0 Å². The van der Waals surface area contributed by atoms with E-state index in [-0.39, 0.29) is 10.0 Å². The number of carbonyl (C=O) groups excluding carboxylic acids is 1. The van der Waals surface area contributed by atoms with Crippen LogP contribution in [0.15, 0.2) is 89.8 Å². The molecule has 3 N–H and O–H groups in total. The van der Waals surface area contributed by atoms with Crippen molar-refractivity contribution in [2.45, 2.75) is 4.90 Å². The predicted octanol–water partition coefficient (Wildman–Crippen LogP) is 5.82. The van der Waals surface area contributed by atoms with Gasteiger partial charge in [-0.25, -0.2) is 13.2 Å². The molecule has 8 nitrogen and oxygen atoms in total. The number of anilines is 3.